The highest BCUT2D eigenvalue weighted by atomic mass is 16.5. The van der Waals surface area contributed by atoms with Gasteiger partial charge in [-0.25, -0.2) is 0 Å². The summed E-state index contributed by atoms with van der Waals surface area (Å²) in [4.78, 5) is 0. The Morgan fingerprint density at radius 3 is 2.62 bits per heavy atom. The third kappa shape index (κ3) is 3.12. The summed E-state index contributed by atoms with van der Waals surface area (Å²) >= 11 is 0. The van der Waals surface area contributed by atoms with E-state index in [2.05, 4.69) is 12.2 Å². The van der Waals surface area contributed by atoms with Gasteiger partial charge in [-0.3, -0.25) is 0 Å². The minimum Gasteiger partial charge on any atom is -0.497 e. The van der Waals surface area contributed by atoms with Gasteiger partial charge >= 0.3 is 0 Å². The summed E-state index contributed by atoms with van der Waals surface area (Å²) in [6.45, 7) is 3.68. The molecular weight excluding hydrogens is 204 g/mol. The lowest BCUT2D eigenvalue weighted by Crippen LogP contribution is -2.27. The van der Waals surface area contributed by atoms with Crippen LogP contribution in [0, 0.1) is 0 Å². The fourth-order valence-electron chi connectivity index (χ4n) is 1.54. The van der Waals surface area contributed by atoms with Crippen LogP contribution in [0.15, 0.2) is 18.2 Å². The molecule has 0 spiro atoms. The van der Waals surface area contributed by atoms with E-state index in [4.69, 9.17) is 15.2 Å². The van der Waals surface area contributed by atoms with Gasteiger partial charge in [0.1, 0.15) is 11.5 Å². The molecule has 0 heterocycles. The van der Waals surface area contributed by atoms with Crippen molar-refractivity contribution in [3.63, 3.8) is 0 Å². The van der Waals surface area contributed by atoms with Gasteiger partial charge in [0.05, 0.1) is 14.2 Å². The predicted molar refractivity (Wildman–Crippen MR) is 65.0 cm³/mol. The molecule has 1 unspecified atom stereocenters. The number of hydrogen-bond donors (Lipinski definition) is 2. The second-order valence-electron chi connectivity index (χ2n) is 3.52. The van der Waals surface area contributed by atoms with Crippen molar-refractivity contribution in [2.75, 3.05) is 27.3 Å². The van der Waals surface area contributed by atoms with Crippen molar-refractivity contribution in [1.29, 1.82) is 0 Å². The first-order valence-electron chi connectivity index (χ1n) is 5.41. The molecule has 0 amide bonds. The molecule has 16 heavy (non-hydrogen) atoms. The van der Waals surface area contributed by atoms with E-state index in [0.717, 1.165) is 30.2 Å². The molecular formula is C12H20N2O2. The SMILES string of the molecule is CCNCC(N)c1cc(OC)ccc1OC. The van der Waals surface area contributed by atoms with Crippen LogP contribution < -0.4 is 20.5 Å². The summed E-state index contributed by atoms with van der Waals surface area (Å²) in [5, 5.41) is 3.21. The lowest BCUT2D eigenvalue weighted by molar-refractivity contribution is 0.394. The Morgan fingerprint density at radius 2 is 2.06 bits per heavy atom. The molecule has 0 aromatic heterocycles. The second-order valence-corrected chi connectivity index (χ2v) is 3.52. The van der Waals surface area contributed by atoms with Crippen LogP contribution in [0.2, 0.25) is 0 Å². The van der Waals surface area contributed by atoms with Gasteiger partial charge in [-0.05, 0) is 24.7 Å². The molecule has 0 saturated carbocycles. The van der Waals surface area contributed by atoms with Crippen LogP contribution in [0.4, 0.5) is 0 Å². The summed E-state index contributed by atoms with van der Waals surface area (Å²) in [7, 11) is 3.28. The molecule has 1 atom stereocenters. The van der Waals surface area contributed by atoms with Crippen LogP contribution >= 0.6 is 0 Å². The van der Waals surface area contributed by atoms with E-state index >= 15 is 0 Å². The van der Waals surface area contributed by atoms with Gasteiger partial charge in [-0.15, -0.1) is 0 Å². The Kier molecular flexibility index (Phi) is 5.08. The second kappa shape index (κ2) is 6.35. The molecule has 4 heteroatoms. The smallest absolute Gasteiger partial charge is 0.123 e. The zero-order chi connectivity index (χ0) is 12.0. The number of rotatable bonds is 6. The predicted octanol–water partition coefficient (Wildman–Crippen LogP) is 1.31. The molecule has 0 fully saturated rings. The molecule has 0 saturated heterocycles. The van der Waals surface area contributed by atoms with Crippen molar-refractivity contribution < 1.29 is 9.47 Å². The number of nitrogens with two attached hydrogens (primary N) is 1. The molecule has 4 nitrogen and oxygen atoms in total. The zero-order valence-corrected chi connectivity index (χ0v) is 10.1. The topological polar surface area (TPSA) is 56.5 Å². The lowest BCUT2D eigenvalue weighted by Gasteiger charge is -2.16. The summed E-state index contributed by atoms with van der Waals surface area (Å²) in [5.74, 6) is 1.59. The average molecular weight is 224 g/mol. The van der Waals surface area contributed by atoms with E-state index in [0.29, 0.717) is 0 Å². The third-order valence-corrected chi connectivity index (χ3v) is 2.45. The van der Waals surface area contributed by atoms with Crippen molar-refractivity contribution in [3.8, 4) is 11.5 Å². The Bertz CT molecular complexity index is 329. The number of methoxy groups -OCH3 is 2. The number of nitrogens with one attached hydrogen (secondary N) is 1. The molecule has 0 bridgehead atoms. The van der Waals surface area contributed by atoms with Crippen LogP contribution in [-0.2, 0) is 0 Å². The van der Waals surface area contributed by atoms with Gasteiger partial charge in [0, 0.05) is 18.2 Å². The molecule has 3 N–H and O–H groups in total. The molecule has 1 aromatic carbocycles. The standard InChI is InChI=1S/C12H20N2O2/c1-4-14-8-11(13)10-7-9(15-2)5-6-12(10)16-3/h5-7,11,14H,4,8,13H2,1-3H3. The quantitative estimate of drug-likeness (QED) is 0.765. The van der Waals surface area contributed by atoms with Gasteiger partial charge in [-0.1, -0.05) is 6.92 Å². The van der Waals surface area contributed by atoms with E-state index in [1.807, 2.05) is 18.2 Å². The maximum Gasteiger partial charge on any atom is 0.123 e. The first-order chi connectivity index (χ1) is 7.72. The minimum atomic E-state index is -0.0926. The average Bonchev–Trinajstić information content (AvgIpc) is 2.35. The van der Waals surface area contributed by atoms with Crippen molar-refractivity contribution in [1.82, 2.24) is 5.32 Å². The number of benzene rings is 1. The summed E-state index contributed by atoms with van der Waals surface area (Å²) in [5.41, 5.74) is 7.04. The third-order valence-electron chi connectivity index (χ3n) is 2.45. The van der Waals surface area contributed by atoms with Crippen LogP contribution in [0.3, 0.4) is 0 Å². The number of likely N-dealkylation sites (N-methyl/N-ethyl adjacent to an activating group) is 1. The molecule has 0 radical (unpaired) electrons. The number of hydrogen-bond acceptors (Lipinski definition) is 4. The first-order valence-corrected chi connectivity index (χ1v) is 5.41. The van der Waals surface area contributed by atoms with Gasteiger partial charge in [0.15, 0.2) is 0 Å². The fourth-order valence-corrected chi connectivity index (χ4v) is 1.54. The number of ether oxygens (including phenoxy) is 2. The lowest BCUT2D eigenvalue weighted by atomic mass is 10.1. The van der Waals surface area contributed by atoms with E-state index in [1.165, 1.54) is 0 Å². The molecule has 0 aliphatic carbocycles. The minimum absolute atomic E-state index is 0.0926. The van der Waals surface area contributed by atoms with Gasteiger partial charge < -0.3 is 20.5 Å². The van der Waals surface area contributed by atoms with E-state index < -0.39 is 0 Å². The Morgan fingerprint density at radius 1 is 1.31 bits per heavy atom. The van der Waals surface area contributed by atoms with Crippen LogP contribution in [0.25, 0.3) is 0 Å². The van der Waals surface area contributed by atoms with Gasteiger partial charge in [0.2, 0.25) is 0 Å². The van der Waals surface area contributed by atoms with Crippen LogP contribution in [0.5, 0.6) is 11.5 Å². The Balaban J connectivity index is 2.89. The Labute approximate surface area is 96.7 Å². The largest absolute Gasteiger partial charge is 0.497 e. The summed E-state index contributed by atoms with van der Waals surface area (Å²) in [6.07, 6.45) is 0. The van der Waals surface area contributed by atoms with E-state index in [1.54, 1.807) is 14.2 Å². The first kappa shape index (κ1) is 12.8. The molecule has 90 valence electrons. The van der Waals surface area contributed by atoms with Crippen molar-refractivity contribution in [3.05, 3.63) is 23.8 Å². The van der Waals surface area contributed by atoms with Crippen molar-refractivity contribution >= 4 is 0 Å². The normalized spacial score (nSPS) is 12.2. The van der Waals surface area contributed by atoms with Crippen LogP contribution in [-0.4, -0.2) is 27.3 Å². The van der Waals surface area contributed by atoms with Crippen molar-refractivity contribution in [2.45, 2.75) is 13.0 Å². The summed E-state index contributed by atoms with van der Waals surface area (Å²) < 4.78 is 10.5. The molecule has 1 aromatic rings. The van der Waals surface area contributed by atoms with E-state index in [-0.39, 0.29) is 6.04 Å². The highest BCUT2D eigenvalue weighted by molar-refractivity contribution is 5.42. The molecule has 0 aliphatic heterocycles. The highest BCUT2D eigenvalue weighted by Crippen LogP contribution is 2.27. The van der Waals surface area contributed by atoms with Crippen LogP contribution in [0.1, 0.15) is 18.5 Å². The monoisotopic (exact) mass is 224 g/mol. The van der Waals surface area contributed by atoms with Gasteiger partial charge in [-0.2, -0.15) is 0 Å². The van der Waals surface area contributed by atoms with Gasteiger partial charge in [0.25, 0.3) is 0 Å². The maximum absolute atomic E-state index is 6.08. The van der Waals surface area contributed by atoms with E-state index in [9.17, 15) is 0 Å². The zero-order valence-electron chi connectivity index (χ0n) is 10.1. The highest BCUT2D eigenvalue weighted by Gasteiger charge is 2.12. The fraction of sp³-hybridized carbons (Fsp3) is 0.500. The molecule has 0 aliphatic rings. The molecule has 1 rings (SSSR count). The maximum atomic E-state index is 6.08. The Hall–Kier alpha value is -1.26. The van der Waals surface area contributed by atoms with Crippen molar-refractivity contribution in [2.24, 2.45) is 5.73 Å². The summed E-state index contributed by atoms with van der Waals surface area (Å²) in [6, 6.07) is 5.56.